The van der Waals surface area contributed by atoms with Gasteiger partial charge in [-0.1, -0.05) is 6.07 Å². The van der Waals surface area contributed by atoms with E-state index in [2.05, 4.69) is 28.6 Å². The van der Waals surface area contributed by atoms with Gasteiger partial charge in [-0.3, -0.25) is 4.99 Å². The number of guanidine groups is 1. The third-order valence-corrected chi connectivity index (χ3v) is 3.70. The molecule has 0 aliphatic carbocycles. The number of benzene rings is 1. The van der Waals surface area contributed by atoms with E-state index in [4.69, 9.17) is 13.9 Å². The van der Waals surface area contributed by atoms with Gasteiger partial charge in [0, 0.05) is 26.1 Å². The highest BCUT2D eigenvalue weighted by Gasteiger charge is 2.12. The van der Waals surface area contributed by atoms with Crippen LogP contribution < -0.4 is 20.1 Å². The lowest BCUT2D eigenvalue weighted by Gasteiger charge is -2.11. The topological polar surface area (TPSA) is 68.0 Å². The number of fused-ring (bicyclic) bond motifs is 1. The van der Waals surface area contributed by atoms with E-state index >= 15 is 0 Å². The molecule has 1 aromatic heterocycles. The van der Waals surface area contributed by atoms with Crippen LogP contribution in [0.15, 0.2) is 46.0 Å². The summed E-state index contributed by atoms with van der Waals surface area (Å²) in [4.78, 5) is 4.57. The molecule has 0 unspecified atom stereocenters. The fourth-order valence-corrected chi connectivity index (χ4v) is 2.50. The summed E-state index contributed by atoms with van der Waals surface area (Å²) in [6.07, 6.45) is 3.37. The molecular formula is C18H23N3O3. The first-order valence-electron chi connectivity index (χ1n) is 8.28. The summed E-state index contributed by atoms with van der Waals surface area (Å²) in [5.41, 5.74) is 1.21. The smallest absolute Gasteiger partial charge is 0.231 e. The van der Waals surface area contributed by atoms with E-state index in [1.165, 1.54) is 5.56 Å². The lowest BCUT2D eigenvalue weighted by atomic mass is 10.1. The quantitative estimate of drug-likeness (QED) is 0.603. The Labute approximate surface area is 141 Å². The van der Waals surface area contributed by atoms with Crippen LogP contribution in [0.4, 0.5) is 0 Å². The van der Waals surface area contributed by atoms with E-state index in [1.807, 2.05) is 24.3 Å². The van der Waals surface area contributed by atoms with Crippen molar-refractivity contribution in [3.8, 4) is 11.5 Å². The number of hydrogen-bond donors (Lipinski definition) is 2. The Bertz CT molecular complexity index is 668. The van der Waals surface area contributed by atoms with Gasteiger partial charge in [-0.15, -0.1) is 0 Å². The molecule has 6 nitrogen and oxygen atoms in total. The molecule has 0 amide bonds. The molecule has 0 fully saturated rings. The second kappa shape index (κ2) is 8.29. The first-order valence-corrected chi connectivity index (χ1v) is 8.28. The van der Waals surface area contributed by atoms with Crippen LogP contribution in [0.1, 0.15) is 18.2 Å². The van der Waals surface area contributed by atoms with Gasteiger partial charge in [0.05, 0.1) is 6.26 Å². The zero-order chi connectivity index (χ0) is 16.6. The Morgan fingerprint density at radius 2 is 2.04 bits per heavy atom. The molecule has 1 aromatic carbocycles. The molecule has 6 heteroatoms. The van der Waals surface area contributed by atoms with Gasteiger partial charge in [-0.05, 0) is 43.2 Å². The van der Waals surface area contributed by atoms with E-state index in [1.54, 1.807) is 6.26 Å². The average Bonchev–Trinajstić information content (AvgIpc) is 3.25. The number of furan rings is 1. The highest BCUT2D eigenvalue weighted by molar-refractivity contribution is 5.79. The van der Waals surface area contributed by atoms with Gasteiger partial charge in [0.1, 0.15) is 5.76 Å². The van der Waals surface area contributed by atoms with Gasteiger partial charge < -0.3 is 24.5 Å². The second-order valence-electron chi connectivity index (χ2n) is 5.45. The third-order valence-electron chi connectivity index (χ3n) is 3.70. The van der Waals surface area contributed by atoms with E-state index in [9.17, 15) is 0 Å². The zero-order valence-electron chi connectivity index (χ0n) is 13.9. The molecular weight excluding hydrogens is 306 g/mol. The zero-order valence-corrected chi connectivity index (χ0v) is 13.9. The molecule has 1 aliphatic rings. The van der Waals surface area contributed by atoms with Crippen molar-refractivity contribution in [1.82, 2.24) is 10.6 Å². The maximum Gasteiger partial charge on any atom is 0.231 e. The monoisotopic (exact) mass is 329 g/mol. The largest absolute Gasteiger partial charge is 0.469 e. The van der Waals surface area contributed by atoms with E-state index in [0.29, 0.717) is 13.3 Å². The number of nitrogens with zero attached hydrogens (tertiary/aromatic N) is 1. The second-order valence-corrected chi connectivity index (χ2v) is 5.45. The molecule has 0 spiro atoms. The van der Waals surface area contributed by atoms with Crippen molar-refractivity contribution in [1.29, 1.82) is 0 Å². The molecule has 2 N–H and O–H groups in total. The molecule has 1 aliphatic heterocycles. The summed E-state index contributed by atoms with van der Waals surface area (Å²) in [5.74, 6) is 3.42. The molecule has 0 atom stereocenters. The van der Waals surface area contributed by atoms with Crippen molar-refractivity contribution in [2.45, 2.75) is 19.8 Å². The first kappa shape index (κ1) is 16.2. The van der Waals surface area contributed by atoms with Crippen LogP contribution >= 0.6 is 0 Å². The number of aliphatic imine (C=N–C) groups is 1. The van der Waals surface area contributed by atoms with Crippen LogP contribution in [-0.2, 0) is 12.8 Å². The SMILES string of the molecule is CCNC(=NCCc1ccco1)NCCc1ccc2c(c1)OCO2. The Kier molecular flexibility index (Phi) is 5.61. The molecule has 0 bridgehead atoms. The molecule has 0 radical (unpaired) electrons. The molecule has 0 saturated heterocycles. The van der Waals surface area contributed by atoms with Crippen LogP contribution in [0.3, 0.4) is 0 Å². The highest BCUT2D eigenvalue weighted by atomic mass is 16.7. The lowest BCUT2D eigenvalue weighted by Crippen LogP contribution is -2.38. The maximum atomic E-state index is 5.41. The van der Waals surface area contributed by atoms with Crippen LogP contribution in [0.2, 0.25) is 0 Å². The van der Waals surface area contributed by atoms with Gasteiger partial charge in [-0.25, -0.2) is 0 Å². The van der Waals surface area contributed by atoms with Gasteiger partial charge in [0.2, 0.25) is 6.79 Å². The van der Waals surface area contributed by atoms with Crippen molar-refractivity contribution < 1.29 is 13.9 Å². The van der Waals surface area contributed by atoms with Crippen LogP contribution in [0.5, 0.6) is 11.5 Å². The Balaban J connectivity index is 1.46. The van der Waals surface area contributed by atoms with Crippen molar-refractivity contribution in [3.63, 3.8) is 0 Å². The minimum atomic E-state index is 0.309. The standard InChI is InChI=1S/C18H23N3O3/c1-2-19-18(21-10-8-15-4-3-11-22-15)20-9-7-14-5-6-16-17(12-14)24-13-23-16/h3-6,11-12H,2,7-10,13H2,1H3,(H2,19,20,21). The van der Waals surface area contributed by atoms with Crippen molar-refractivity contribution in [2.75, 3.05) is 26.4 Å². The lowest BCUT2D eigenvalue weighted by molar-refractivity contribution is 0.174. The van der Waals surface area contributed by atoms with Crippen molar-refractivity contribution >= 4 is 5.96 Å². The summed E-state index contributed by atoms with van der Waals surface area (Å²) in [5, 5.41) is 6.61. The van der Waals surface area contributed by atoms with Gasteiger partial charge >= 0.3 is 0 Å². The fourth-order valence-electron chi connectivity index (χ4n) is 2.50. The number of rotatable bonds is 7. The highest BCUT2D eigenvalue weighted by Crippen LogP contribution is 2.32. The van der Waals surface area contributed by atoms with Crippen LogP contribution in [-0.4, -0.2) is 32.4 Å². The summed E-state index contributed by atoms with van der Waals surface area (Å²) in [7, 11) is 0. The van der Waals surface area contributed by atoms with Gasteiger partial charge in [-0.2, -0.15) is 0 Å². The first-order chi connectivity index (χ1) is 11.8. The number of nitrogens with one attached hydrogen (secondary N) is 2. The molecule has 24 heavy (non-hydrogen) atoms. The molecule has 3 rings (SSSR count). The molecule has 0 saturated carbocycles. The van der Waals surface area contributed by atoms with Crippen LogP contribution in [0.25, 0.3) is 0 Å². The molecule has 2 aromatic rings. The summed E-state index contributed by atoms with van der Waals surface area (Å²) in [6, 6.07) is 9.92. The third kappa shape index (κ3) is 4.44. The minimum Gasteiger partial charge on any atom is -0.469 e. The van der Waals surface area contributed by atoms with Gasteiger partial charge in [0.25, 0.3) is 0 Å². The molecule has 128 valence electrons. The normalized spacial score (nSPS) is 13.1. The number of hydrogen-bond acceptors (Lipinski definition) is 4. The summed E-state index contributed by atoms with van der Waals surface area (Å²) in [6.45, 7) is 4.68. The predicted molar refractivity (Wildman–Crippen MR) is 92.7 cm³/mol. The van der Waals surface area contributed by atoms with Gasteiger partial charge in [0.15, 0.2) is 17.5 Å². The Morgan fingerprint density at radius 3 is 2.88 bits per heavy atom. The maximum absolute atomic E-state index is 5.41. The summed E-state index contributed by atoms with van der Waals surface area (Å²) >= 11 is 0. The number of ether oxygens (including phenoxy) is 2. The van der Waals surface area contributed by atoms with E-state index in [0.717, 1.165) is 49.1 Å². The fraction of sp³-hybridized carbons (Fsp3) is 0.389. The van der Waals surface area contributed by atoms with Crippen molar-refractivity contribution in [3.05, 3.63) is 47.9 Å². The van der Waals surface area contributed by atoms with Crippen LogP contribution in [0, 0.1) is 0 Å². The minimum absolute atomic E-state index is 0.309. The van der Waals surface area contributed by atoms with E-state index in [-0.39, 0.29) is 0 Å². The Hall–Kier alpha value is -2.63. The molecule has 2 heterocycles. The Morgan fingerprint density at radius 1 is 1.12 bits per heavy atom. The van der Waals surface area contributed by atoms with Crippen molar-refractivity contribution in [2.24, 2.45) is 4.99 Å². The summed E-state index contributed by atoms with van der Waals surface area (Å²) < 4.78 is 16.1. The predicted octanol–water partition coefficient (Wildman–Crippen LogP) is 2.35. The average molecular weight is 329 g/mol. The van der Waals surface area contributed by atoms with E-state index < -0.39 is 0 Å².